The van der Waals surface area contributed by atoms with Crippen molar-refractivity contribution >= 4 is 23.3 Å². The molecule has 2 aromatic rings. The van der Waals surface area contributed by atoms with Gasteiger partial charge in [-0.05, 0) is 43.4 Å². The van der Waals surface area contributed by atoms with Crippen LogP contribution in [0, 0.1) is 0 Å². The van der Waals surface area contributed by atoms with Crippen molar-refractivity contribution in [2.45, 2.75) is 32.2 Å². The minimum absolute atomic E-state index is 0.0109. The van der Waals surface area contributed by atoms with Gasteiger partial charge in [-0.3, -0.25) is 5.01 Å². The number of carbonyl (C=O) groups excluding carboxylic acids is 1. The molecule has 0 bridgehead atoms. The molecular formula is C22H25N3O5. The van der Waals surface area contributed by atoms with E-state index in [-0.39, 0.29) is 18.9 Å². The second-order valence-electron chi connectivity index (χ2n) is 7.52. The van der Waals surface area contributed by atoms with E-state index < -0.39 is 11.7 Å². The van der Waals surface area contributed by atoms with Gasteiger partial charge >= 0.3 is 11.7 Å². The molecule has 2 aliphatic rings. The van der Waals surface area contributed by atoms with Crippen LogP contribution in [0.2, 0.25) is 0 Å². The molecule has 0 spiro atoms. The molecule has 0 radical (unpaired) electrons. The average Bonchev–Trinajstić information content (AvgIpc) is 2.77. The van der Waals surface area contributed by atoms with Gasteiger partial charge in [0.05, 0.1) is 23.9 Å². The summed E-state index contributed by atoms with van der Waals surface area (Å²) >= 11 is 0. The molecule has 2 aliphatic heterocycles. The maximum Gasteiger partial charge on any atom is 0.410 e. The second kappa shape index (κ2) is 8.61. The molecule has 0 unspecified atom stereocenters. The third-order valence-corrected chi connectivity index (χ3v) is 5.55. The zero-order chi connectivity index (χ0) is 21.1. The fourth-order valence-electron chi connectivity index (χ4n) is 3.97. The van der Waals surface area contributed by atoms with Gasteiger partial charge in [0.15, 0.2) is 5.58 Å². The lowest BCUT2D eigenvalue weighted by molar-refractivity contribution is 0.107. The molecule has 1 N–H and O–H groups in total. The van der Waals surface area contributed by atoms with Crippen molar-refractivity contribution in [1.29, 1.82) is 0 Å². The molecule has 0 saturated carbocycles. The highest BCUT2D eigenvalue weighted by atomic mass is 16.6. The van der Waals surface area contributed by atoms with Crippen molar-refractivity contribution < 1.29 is 19.1 Å². The van der Waals surface area contributed by atoms with Gasteiger partial charge < -0.3 is 19.2 Å². The van der Waals surface area contributed by atoms with Crippen LogP contribution in [-0.4, -0.2) is 53.6 Å². The van der Waals surface area contributed by atoms with E-state index in [1.807, 2.05) is 5.01 Å². The van der Waals surface area contributed by atoms with Crippen LogP contribution in [0.3, 0.4) is 0 Å². The lowest BCUT2D eigenvalue weighted by Gasteiger charge is -2.28. The topological polar surface area (TPSA) is 95.6 Å². The van der Waals surface area contributed by atoms with Crippen molar-refractivity contribution in [2.24, 2.45) is 5.10 Å². The molecule has 30 heavy (non-hydrogen) atoms. The van der Waals surface area contributed by atoms with E-state index in [2.05, 4.69) is 11.7 Å². The first-order valence-electron chi connectivity index (χ1n) is 10.2. The van der Waals surface area contributed by atoms with Gasteiger partial charge in [0, 0.05) is 25.0 Å². The summed E-state index contributed by atoms with van der Waals surface area (Å²) in [6.45, 7) is 5.95. The lowest BCUT2D eigenvalue weighted by Crippen LogP contribution is -2.38. The zero-order valence-electron chi connectivity index (χ0n) is 16.8. The first-order valence-corrected chi connectivity index (χ1v) is 10.2. The number of rotatable bonds is 4. The van der Waals surface area contributed by atoms with Gasteiger partial charge in [-0.25, -0.2) is 9.59 Å². The van der Waals surface area contributed by atoms with E-state index >= 15 is 0 Å². The Morgan fingerprint density at radius 3 is 2.80 bits per heavy atom. The van der Waals surface area contributed by atoms with E-state index in [1.54, 1.807) is 18.3 Å². The molecule has 3 heterocycles. The van der Waals surface area contributed by atoms with Crippen LogP contribution < -0.4 is 5.63 Å². The maximum atomic E-state index is 12.7. The summed E-state index contributed by atoms with van der Waals surface area (Å²) in [7, 11) is 0. The predicted octanol–water partition coefficient (Wildman–Crippen LogP) is 3.00. The Hall–Kier alpha value is -3.29. The number of phenols is 1. The van der Waals surface area contributed by atoms with Gasteiger partial charge in [0.2, 0.25) is 0 Å². The number of piperidine rings is 1. The van der Waals surface area contributed by atoms with Gasteiger partial charge in [-0.1, -0.05) is 12.7 Å². The standard InChI is InChI=1S/C22H25N3O5/c1-2-12-29-22(28)24-11-8-15-16-6-7-19(26)17(13-23-25-9-4-3-5-10-25)20(16)30-21(27)18(15)14-24/h2,6-7,13,26H,1,3-5,8-12,14H2/b23-13+. The van der Waals surface area contributed by atoms with E-state index in [1.165, 1.54) is 17.4 Å². The number of amides is 1. The fourth-order valence-corrected chi connectivity index (χ4v) is 3.97. The van der Waals surface area contributed by atoms with Crippen LogP contribution in [0.15, 0.2) is 39.1 Å². The summed E-state index contributed by atoms with van der Waals surface area (Å²) in [6.07, 6.45) is 6.45. The maximum absolute atomic E-state index is 12.7. The second-order valence-corrected chi connectivity index (χ2v) is 7.52. The summed E-state index contributed by atoms with van der Waals surface area (Å²) in [4.78, 5) is 26.4. The summed E-state index contributed by atoms with van der Waals surface area (Å²) < 4.78 is 10.7. The van der Waals surface area contributed by atoms with E-state index in [9.17, 15) is 14.7 Å². The number of aromatic hydroxyl groups is 1. The van der Waals surface area contributed by atoms with Crippen molar-refractivity contribution in [3.63, 3.8) is 0 Å². The molecule has 0 aliphatic carbocycles. The Bertz CT molecular complexity index is 1050. The Labute approximate surface area is 174 Å². The smallest absolute Gasteiger partial charge is 0.410 e. The predicted molar refractivity (Wildman–Crippen MR) is 113 cm³/mol. The zero-order valence-corrected chi connectivity index (χ0v) is 16.8. The van der Waals surface area contributed by atoms with Crippen LogP contribution in [0.1, 0.15) is 36.0 Å². The van der Waals surface area contributed by atoms with E-state index in [4.69, 9.17) is 9.15 Å². The first kappa shape index (κ1) is 20.0. The highest BCUT2D eigenvalue weighted by Crippen LogP contribution is 2.31. The SMILES string of the molecule is C=CCOC(=O)N1CCc2c(c(=O)oc3c(/C=N/N4CCCCC4)c(O)ccc23)C1. The Morgan fingerprint density at radius 1 is 1.23 bits per heavy atom. The Balaban J connectivity index is 1.69. The molecule has 4 rings (SSSR count). The molecule has 1 aromatic heterocycles. The van der Waals surface area contributed by atoms with Crippen molar-refractivity contribution in [3.05, 3.63) is 51.9 Å². The monoisotopic (exact) mass is 411 g/mol. The summed E-state index contributed by atoms with van der Waals surface area (Å²) in [5.41, 5.74) is 1.47. The molecule has 158 valence electrons. The fraction of sp³-hybridized carbons (Fsp3) is 0.409. The minimum Gasteiger partial charge on any atom is -0.507 e. The van der Waals surface area contributed by atoms with Gasteiger partial charge in [-0.2, -0.15) is 5.10 Å². The molecule has 1 aromatic carbocycles. The van der Waals surface area contributed by atoms with Crippen molar-refractivity contribution in [2.75, 3.05) is 26.2 Å². The highest BCUT2D eigenvalue weighted by molar-refractivity contribution is 6.00. The number of fused-ring (bicyclic) bond motifs is 3. The summed E-state index contributed by atoms with van der Waals surface area (Å²) in [5.74, 6) is 0.0109. The summed E-state index contributed by atoms with van der Waals surface area (Å²) in [5, 5.41) is 17.6. The van der Waals surface area contributed by atoms with Crippen LogP contribution in [0.4, 0.5) is 4.79 Å². The number of phenolic OH excluding ortho intramolecular Hbond substituents is 1. The number of ether oxygens (including phenoxy) is 1. The Kier molecular flexibility index (Phi) is 5.74. The number of nitrogens with zero attached hydrogens (tertiary/aromatic N) is 3. The summed E-state index contributed by atoms with van der Waals surface area (Å²) in [6, 6.07) is 3.33. The average molecular weight is 411 g/mol. The van der Waals surface area contributed by atoms with Crippen LogP contribution in [0.5, 0.6) is 5.75 Å². The molecule has 1 amide bonds. The molecule has 1 saturated heterocycles. The lowest BCUT2D eigenvalue weighted by atomic mass is 9.96. The number of hydrogen-bond acceptors (Lipinski definition) is 7. The van der Waals surface area contributed by atoms with Gasteiger partial charge in [-0.15, -0.1) is 0 Å². The number of hydrazone groups is 1. The number of hydrogen-bond donors (Lipinski definition) is 1. The largest absolute Gasteiger partial charge is 0.507 e. The van der Waals surface area contributed by atoms with Crippen molar-refractivity contribution in [3.8, 4) is 5.75 Å². The third kappa shape index (κ3) is 3.90. The van der Waals surface area contributed by atoms with E-state index in [0.717, 1.165) is 36.9 Å². The van der Waals surface area contributed by atoms with Crippen LogP contribution in [0.25, 0.3) is 11.0 Å². The third-order valence-electron chi connectivity index (χ3n) is 5.55. The highest BCUT2D eigenvalue weighted by Gasteiger charge is 2.27. The quantitative estimate of drug-likeness (QED) is 0.472. The van der Waals surface area contributed by atoms with E-state index in [0.29, 0.717) is 29.7 Å². The Morgan fingerprint density at radius 2 is 2.03 bits per heavy atom. The molecule has 8 nitrogen and oxygen atoms in total. The van der Waals surface area contributed by atoms with Gasteiger partial charge in [0.1, 0.15) is 12.4 Å². The normalized spacial score (nSPS) is 16.7. The number of carbonyl (C=O) groups is 1. The number of benzene rings is 1. The minimum atomic E-state index is -0.517. The molecular weight excluding hydrogens is 386 g/mol. The first-order chi connectivity index (χ1) is 14.6. The molecule has 1 fully saturated rings. The van der Waals surface area contributed by atoms with Gasteiger partial charge in [0.25, 0.3) is 0 Å². The van der Waals surface area contributed by atoms with Crippen LogP contribution in [-0.2, 0) is 17.7 Å². The molecule has 0 atom stereocenters. The van der Waals surface area contributed by atoms with Crippen molar-refractivity contribution in [1.82, 2.24) is 9.91 Å². The molecule has 8 heteroatoms. The van der Waals surface area contributed by atoms with Crippen LogP contribution >= 0.6 is 0 Å².